The molecule has 0 aliphatic heterocycles. The standard InChI is InChI=1S/C25H23ClF2N2O5S/c26-15-4-1-14-9-22(36-21(14)10-15)24(32)30-8-7-29-23(31)17-11-19(28)20(12-18(17)27)35-16-5-2-13(3-6-16)25(33)34/h1,4,9-13,16H,2-3,5-8H2,(H,29,31)(H,30,32)(H,33,34). The number of hydrogen-bond acceptors (Lipinski definition) is 5. The number of aliphatic carboxylic acids is 1. The summed E-state index contributed by atoms with van der Waals surface area (Å²) in [4.78, 5) is 36.2. The van der Waals surface area contributed by atoms with Crippen LogP contribution in [-0.4, -0.2) is 42.1 Å². The predicted octanol–water partition coefficient (Wildman–Crippen LogP) is 5.01. The summed E-state index contributed by atoms with van der Waals surface area (Å²) in [6.45, 7) is 0.0946. The number of nitrogens with one attached hydrogen (secondary N) is 2. The van der Waals surface area contributed by atoms with Gasteiger partial charge < -0.3 is 20.5 Å². The number of benzene rings is 2. The van der Waals surface area contributed by atoms with Crippen molar-refractivity contribution in [1.29, 1.82) is 0 Å². The number of carboxylic acid groups (broad SMARTS) is 1. The normalized spacial score (nSPS) is 17.5. The molecule has 7 nitrogen and oxygen atoms in total. The molecule has 1 saturated carbocycles. The van der Waals surface area contributed by atoms with Crippen LogP contribution in [0.3, 0.4) is 0 Å². The van der Waals surface area contributed by atoms with E-state index in [0.717, 1.165) is 22.2 Å². The summed E-state index contributed by atoms with van der Waals surface area (Å²) < 4.78 is 35.4. The van der Waals surface area contributed by atoms with E-state index in [1.165, 1.54) is 11.3 Å². The first-order chi connectivity index (χ1) is 17.2. The lowest BCUT2D eigenvalue weighted by atomic mass is 9.87. The molecule has 0 radical (unpaired) electrons. The Kier molecular flexibility index (Phi) is 8.05. The monoisotopic (exact) mass is 536 g/mol. The summed E-state index contributed by atoms with van der Waals surface area (Å²) in [6, 6.07) is 8.66. The fourth-order valence-corrected chi connectivity index (χ4v) is 5.31. The van der Waals surface area contributed by atoms with Crippen LogP contribution in [0, 0.1) is 17.6 Å². The molecule has 1 heterocycles. The molecule has 190 valence electrons. The first-order valence-electron chi connectivity index (χ1n) is 11.3. The van der Waals surface area contributed by atoms with Gasteiger partial charge >= 0.3 is 5.97 Å². The number of halogens is 3. The molecular formula is C25H23ClF2N2O5S. The molecule has 0 atom stereocenters. The fourth-order valence-electron chi connectivity index (χ4n) is 4.05. The van der Waals surface area contributed by atoms with Crippen molar-refractivity contribution in [1.82, 2.24) is 10.6 Å². The topological polar surface area (TPSA) is 105 Å². The maximum Gasteiger partial charge on any atom is 0.306 e. The third kappa shape index (κ3) is 6.11. The van der Waals surface area contributed by atoms with Crippen molar-refractivity contribution in [2.24, 2.45) is 5.92 Å². The molecule has 3 aromatic rings. The Labute approximate surface area is 214 Å². The summed E-state index contributed by atoms with van der Waals surface area (Å²) in [6.07, 6.45) is 1.22. The van der Waals surface area contributed by atoms with Gasteiger partial charge in [0.25, 0.3) is 11.8 Å². The minimum absolute atomic E-state index is 0.00737. The fraction of sp³-hybridized carbons (Fsp3) is 0.320. The molecule has 0 saturated heterocycles. The third-order valence-electron chi connectivity index (χ3n) is 5.99. The number of fused-ring (bicyclic) bond motifs is 1. The van der Waals surface area contributed by atoms with E-state index in [-0.39, 0.29) is 24.7 Å². The lowest BCUT2D eigenvalue weighted by molar-refractivity contribution is -0.143. The van der Waals surface area contributed by atoms with Crippen molar-refractivity contribution >= 4 is 50.8 Å². The van der Waals surface area contributed by atoms with Crippen LogP contribution in [0.15, 0.2) is 36.4 Å². The highest BCUT2D eigenvalue weighted by Crippen LogP contribution is 2.30. The number of carboxylic acids is 1. The molecule has 0 spiro atoms. The molecular weight excluding hydrogens is 514 g/mol. The van der Waals surface area contributed by atoms with E-state index in [4.69, 9.17) is 21.4 Å². The second-order valence-electron chi connectivity index (χ2n) is 8.50. The molecule has 36 heavy (non-hydrogen) atoms. The maximum absolute atomic E-state index is 14.5. The zero-order valence-electron chi connectivity index (χ0n) is 19.0. The van der Waals surface area contributed by atoms with E-state index < -0.39 is 41.1 Å². The zero-order valence-corrected chi connectivity index (χ0v) is 20.6. The van der Waals surface area contributed by atoms with Crippen molar-refractivity contribution in [2.75, 3.05) is 13.1 Å². The van der Waals surface area contributed by atoms with Crippen molar-refractivity contribution in [3.8, 4) is 5.75 Å². The molecule has 1 aliphatic rings. The Morgan fingerprint density at radius 2 is 1.67 bits per heavy atom. The Hall–Kier alpha value is -3.24. The highest BCUT2D eigenvalue weighted by molar-refractivity contribution is 7.20. The smallest absolute Gasteiger partial charge is 0.306 e. The number of carbonyl (C=O) groups excluding carboxylic acids is 2. The van der Waals surface area contributed by atoms with Gasteiger partial charge in [-0.2, -0.15) is 0 Å². The summed E-state index contributed by atoms with van der Waals surface area (Å²) in [5.41, 5.74) is -0.484. The van der Waals surface area contributed by atoms with Crippen molar-refractivity contribution < 1.29 is 33.0 Å². The molecule has 0 bridgehead atoms. The molecule has 1 fully saturated rings. The van der Waals surface area contributed by atoms with E-state index in [1.54, 1.807) is 18.2 Å². The summed E-state index contributed by atoms with van der Waals surface area (Å²) in [7, 11) is 0. The van der Waals surface area contributed by atoms with Gasteiger partial charge in [0, 0.05) is 28.9 Å². The van der Waals surface area contributed by atoms with Crippen molar-refractivity contribution in [3.63, 3.8) is 0 Å². The molecule has 4 rings (SSSR count). The second-order valence-corrected chi connectivity index (χ2v) is 10.0. The first-order valence-corrected chi connectivity index (χ1v) is 12.5. The summed E-state index contributed by atoms with van der Waals surface area (Å²) in [5.74, 6) is -4.63. The number of carbonyl (C=O) groups is 3. The molecule has 3 N–H and O–H groups in total. The van der Waals surface area contributed by atoms with Crippen molar-refractivity contribution in [3.05, 3.63) is 63.5 Å². The Morgan fingerprint density at radius 1 is 0.972 bits per heavy atom. The molecule has 1 aromatic heterocycles. The molecule has 11 heteroatoms. The number of amides is 2. The highest BCUT2D eigenvalue weighted by Gasteiger charge is 2.28. The van der Waals surface area contributed by atoms with Crippen LogP contribution in [0.4, 0.5) is 8.78 Å². The lowest BCUT2D eigenvalue weighted by Gasteiger charge is -2.27. The van der Waals surface area contributed by atoms with Crippen molar-refractivity contribution in [2.45, 2.75) is 31.8 Å². The van der Waals surface area contributed by atoms with E-state index >= 15 is 0 Å². The van der Waals surface area contributed by atoms with E-state index in [0.29, 0.717) is 35.6 Å². The van der Waals surface area contributed by atoms with Gasteiger partial charge in [-0.1, -0.05) is 17.7 Å². The summed E-state index contributed by atoms with van der Waals surface area (Å²) >= 11 is 7.25. The number of thiophene rings is 1. The van der Waals surface area contributed by atoms with Gasteiger partial charge in [-0.05, 0) is 55.3 Å². The number of hydrogen-bond donors (Lipinski definition) is 3. The van der Waals surface area contributed by atoms with Gasteiger partial charge in [0.1, 0.15) is 5.82 Å². The Balaban J connectivity index is 1.27. The second kappa shape index (κ2) is 11.2. The van der Waals surface area contributed by atoms with E-state index in [1.807, 2.05) is 6.07 Å². The van der Waals surface area contributed by atoms with Gasteiger partial charge in [0.05, 0.1) is 22.5 Å². The highest BCUT2D eigenvalue weighted by atomic mass is 35.5. The molecule has 2 amide bonds. The molecule has 0 unspecified atom stereocenters. The van der Waals surface area contributed by atoms with Gasteiger partial charge in [0.2, 0.25) is 0 Å². The number of ether oxygens (including phenoxy) is 1. The Bertz CT molecular complexity index is 1310. The van der Waals surface area contributed by atoms with Gasteiger partial charge in [-0.3, -0.25) is 14.4 Å². The Morgan fingerprint density at radius 3 is 2.36 bits per heavy atom. The van der Waals surface area contributed by atoms with Gasteiger partial charge in [0.15, 0.2) is 11.6 Å². The minimum atomic E-state index is -0.948. The average molecular weight is 537 g/mol. The number of rotatable bonds is 8. The lowest BCUT2D eigenvalue weighted by Crippen LogP contribution is -2.34. The maximum atomic E-state index is 14.5. The van der Waals surface area contributed by atoms with Gasteiger partial charge in [-0.25, -0.2) is 8.78 Å². The third-order valence-corrected chi connectivity index (χ3v) is 7.32. The van der Waals surface area contributed by atoms with Crippen LogP contribution in [-0.2, 0) is 4.79 Å². The first kappa shape index (κ1) is 25.8. The van der Waals surface area contributed by atoms with Crippen LogP contribution in [0.25, 0.3) is 10.1 Å². The van der Waals surface area contributed by atoms with Crippen LogP contribution < -0.4 is 15.4 Å². The molecule has 1 aliphatic carbocycles. The van der Waals surface area contributed by atoms with Crippen LogP contribution in [0.5, 0.6) is 5.75 Å². The van der Waals surface area contributed by atoms with Crippen LogP contribution in [0.2, 0.25) is 5.02 Å². The average Bonchev–Trinajstić information content (AvgIpc) is 3.27. The van der Waals surface area contributed by atoms with Crippen LogP contribution >= 0.6 is 22.9 Å². The zero-order chi connectivity index (χ0) is 25.8. The van der Waals surface area contributed by atoms with E-state index in [9.17, 15) is 23.2 Å². The quantitative estimate of drug-likeness (QED) is 0.351. The predicted molar refractivity (Wildman–Crippen MR) is 132 cm³/mol. The molecule has 2 aromatic carbocycles. The largest absolute Gasteiger partial charge is 0.487 e. The summed E-state index contributed by atoms with van der Waals surface area (Å²) in [5, 5.41) is 15.6. The van der Waals surface area contributed by atoms with Gasteiger partial charge in [-0.15, -0.1) is 11.3 Å². The SMILES string of the molecule is O=C(NCCNC(=O)c1cc(F)c(OC2CCC(C(=O)O)CC2)cc1F)c1cc2ccc(Cl)cc2s1. The minimum Gasteiger partial charge on any atom is -0.487 e. The van der Waals surface area contributed by atoms with Crippen LogP contribution in [0.1, 0.15) is 45.7 Å². The van der Waals surface area contributed by atoms with E-state index in [2.05, 4.69) is 10.6 Å².